The van der Waals surface area contributed by atoms with Gasteiger partial charge in [-0.05, 0) is 24.1 Å². The Morgan fingerprint density at radius 1 is 0.793 bits per heavy atom. The van der Waals surface area contributed by atoms with Gasteiger partial charge in [0.25, 0.3) is 0 Å². The number of hydrogen-bond donors (Lipinski definition) is 0. The van der Waals surface area contributed by atoms with Crippen molar-refractivity contribution in [2.45, 2.75) is 103 Å². The highest BCUT2D eigenvalue weighted by atomic mass is 16.6. The molecule has 0 bridgehead atoms. The molecule has 1 heterocycles. The Morgan fingerprint density at radius 2 is 1.31 bits per heavy atom. The van der Waals surface area contributed by atoms with Crippen LogP contribution in [0.25, 0.3) is 0 Å². The number of unbranched alkanes of at least 4 members (excludes halogenated alkanes) is 13. The molecular weight excluding hydrogens is 362 g/mol. The lowest BCUT2D eigenvalue weighted by atomic mass is 10.0. The van der Waals surface area contributed by atoms with Crippen molar-refractivity contribution in [3.63, 3.8) is 0 Å². The molecule has 0 saturated heterocycles. The summed E-state index contributed by atoms with van der Waals surface area (Å²) in [5, 5.41) is 0. The van der Waals surface area contributed by atoms with E-state index in [-0.39, 0.29) is 6.10 Å². The SMILES string of the molecule is CCCCCCCCCCCCCCCCOc1ccc(C2C=NC(=O)O2)cc1. The average molecular weight is 402 g/mol. The van der Waals surface area contributed by atoms with Crippen LogP contribution in [0.4, 0.5) is 4.79 Å². The standard InChI is InChI=1S/C25H39NO3/c1-2-3-4-5-6-7-8-9-10-11-12-13-14-15-20-28-23-18-16-22(17-19-23)24-21-26-25(27)29-24/h16-19,21,24H,2-15,20H2,1H3. The minimum absolute atomic E-state index is 0.359. The lowest BCUT2D eigenvalue weighted by Crippen LogP contribution is -2.02. The van der Waals surface area contributed by atoms with E-state index in [0.717, 1.165) is 24.3 Å². The first-order chi connectivity index (χ1) is 14.3. The summed E-state index contributed by atoms with van der Waals surface area (Å²) in [6.07, 6.45) is 19.8. The lowest BCUT2D eigenvalue weighted by Gasteiger charge is -2.09. The van der Waals surface area contributed by atoms with Gasteiger partial charge in [0.15, 0.2) is 6.10 Å². The Labute approximate surface area is 177 Å². The Balaban J connectivity index is 1.37. The number of cyclic esters (lactones) is 1. The summed E-state index contributed by atoms with van der Waals surface area (Å²) >= 11 is 0. The minimum atomic E-state index is -0.520. The van der Waals surface area contributed by atoms with Crippen molar-refractivity contribution in [2.75, 3.05) is 6.61 Å². The van der Waals surface area contributed by atoms with Gasteiger partial charge in [0.1, 0.15) is 5.75 Å². The van der Waals surface area contributed by atoms with Crippen LogP contribution in [0.2, 0.25) is 0 Å². The molecule has 162 valence electrons. The van der Waals surface area contributed by atoms with Crippen molar-refractivity contribution in [2.24, 2.45) is 4.99 Å². The fourth-order valence-corrected chi connectivity index (χ4v) is 3.69. The number of benzene rings is 1. The van der Waals surface area contributed by atoms with Gasteiger partial charge in [-0.2, -0.15) is 4.99 Å². The van der Waals surface area contributed by atoms with Crippen LogP contribution in [0, 0.1) is 0 Å². The molecular formula is C25H39NO3. The second kappa shape index (κ2) is 15.1. The number of nitrogens with zero attached hydrogens (tertiary/aromatic N) is 1. The van der Waals surface area contributed by atoms with Crippen molar-refractivity contribution >= 4 is 12.3 Å². The molecule has 1 aromatic carbocycles. The summed E-state index contributed by atoms with van der Waals surface area (Å²) in [6.45, 7) is 3.04. The summed E-state index contributed by atoms with van der Waals surface area (Å²) in [4.78, 5) is 14.6. The van der Waals surface area contributed by atoms with Gasteiger partial charge in [0.2, 0.25) is 0 Å². The van der Waals surface area contributed by atoms with E-state index in [9.17, 15) is 4.79 Å². The van der Waals surface area contributed by atoms with E-state index in [2.05, 4.69) is 11.9 Å². The monoisotopic (exact) mass is 401 g/mol. The van der Waals surface area contributed by atoms with E-state index >= 15 is 0 Å². The number of rotatable bonds is 17. The Morgan fingerprint density at radius 3 is 1.79 bits per heavy atom. The summed E-state index contributed by atoms with van der Waals surface area (Å²) in [5.74, 6) is 0.865. The lowest BCUT2D eigenvalue weighted by molar-refractivity contribution is 0.150. The third kappa shape index (κ3) is 10.5. The molecule has 0 spiro atoms. The van der Waals surface area contributed by atoms with Crippen molar-refractivity contribution in [1.29, 1.82) is 0 Å². The summed E-state index contributed by atoms with van der Waals surface area (Å²) in [5.41, 5.74) is 0.920. The number of carbonyl (C=O) groups is 1. The molecule has 4 heteroatoms. The highest BCUT2D eigenvalue weighted by Gasteiger charge is 2.19. The summed E-state index contributed by atoms with van der Waals surface area (Å²) < 4.78 is 10.9. The van der Waals surface area contributed by atoms with Crippen molar-refractivity contribution in [3.05, 3.63) is 29.8 Å². The van der Waals surface area contributed by atoms with Crippen molar-refractivity contribution in [1.82, 2.24) is 0 Å². The van der Waals surface area contributed by atoms with Crippen molar-refractivity contribution < 1.29 is 14.3 Å². The molecule has 1 unspecified atom stereocenters. The zero-order chi connectivity index (χ0) is 20.6. The van der Waals surface area contributed by atoms with Crippen LogP contribution in [0.5, 0.6) is 5.75 Å². The molecule has 1 aliphatic rings. The van der Waals surface area contributed by atoms with E-state index in [4.69, 9.17) is 9.47 Å². The highest BCUT2D eigenvalue weighted by Crippen LogP contribution is 2.23. The Hall–Kier alpha value is -1.84. The van der Waals surface area contributed by atoms with Crippen LogP contribution in [-0.2, 0) is 4.74 Å². The fourth-order valence-electron chi connectivity index (χ4n) is 3.69. The van der Waals surface area contributed by atoms with E-state index < -0.39 is 6.09 Å². The predicted molar refractivity (Wildman–Crippen MR) is 120 cm³/mol. The molecule has 1 atom stereocenters. The normalized spacial score (nSPS) is 15.6. The number of amides is 1. The van der Waals surface area contributed by atoms with Gasteiger partial charge in [0.05, 0.1) is 12.8 Å². The maximum absolute atomic E-state index is 11.0. The topological polar surface area (TPSA) is 47.9 Å². The third-order valence-corrected chi connectivity index (χ3v) is 5.52. The molecule has 0 N–H and O–H groups in total. The van der Waals surface area contributed by atoms with Gasteiger partial charge < -0.3 is 9.47 Å². The maximum Gasteiger partial charge on any atom is 0.434 e. The zero-order valence-electron chi connectivity index (χ0n) is 18.2. The van der Waals surface area contributed by atoms with E-state index in [1.165, 1.54) is 89.7 Å². The molecule has 1 aliphatic heterocycles. The van der Waals surface area contributed by atoms with Crippen LogP contribution in [0.3, 0.4) is 0 Å². The average Bonchev–Trinajstić information content (AvgIpc) is 3.17. The Kier molecular flexibility index (Phi) is 12.2. The molecule has 2 rings (SSSR count). The van der Waals surface area contributed by atoms with E-state index in [1.807, 2.05) is 24.3 Å². The van der Waals surface area contributed by atoms with Crippen molar-refractivity contribution in [3.8, 4) is 5.75 Å². The number of carbonyl (C=O) groups excluding carboxylic acids is 1. The van der Waals surface area contributed by atoms with Crippen LogP contribution in [0.15, 0.2) is 29.3 Å². The van der Waals surface area contributed by atoms with E-state index in [0.29, 0.717) is 0 Å². The predicted octanol–water partition coefficient (Wildman–Crippen LogP) is 7.81. The molecule has 4 nitrogen and oxygen atoms in total. The molecule has 0 saturated carbocycles. The molecule has 1 aromatic rings. The largest absolute Gasteiger partial charge is 0.494 e. The fraction of sp³-hybridized carbons (Fsp3) is 0.680. The van der Waals surface area contributed by atoms with Crippen LogP contribution in [-0.4, -0.2) is 18.9 Å². The Bertz CT molecular complexity index is 582. The molecule has 0 radical (unpaired) electrons. The van der Waals surface area contributed by atoms with Crippen LogP contribution < -0.4 is 4.74 Å². The summed E-state index contributed by atoms with van der Waals surface area (Å²) in [7, 11) is 0. The number of hydrogen-bond acceptors (Lipinski definition) is 3. The first-order valence-corrected chi connectivity index (χ1v) is 11.8. The molecule has 0 aromatic heterocycles. The van der Waals surface area contributed by atoms with Crippen LogP contribution >= 0.6 is 0 Å². The van der Waals surface area contributed by atoms with Gasteiger partial charge in [-0.25, -0.2) is 4.79 Å². The maximum atomic E-state index is 11.0. The molecule has 29 heavy (non-hydrogen) atoms. The van der Waals surface area contributed by atoms with Gasteiger partial charge >= 0.3 is 6.09 Å². The van der Waals surface area contributed by atoms with Gasteiger partial charge in [-0.3, -0.25) is 0 Å². The van der Waals surface area contributed by atoms with Gasteiger partial charge in [0, 0.05) is 0 Å². The van der Waals surface area contributed by atoms with Crippen LogP contribution in [0.1, 0.15) is 108 Å². The first kappa shape index (κ1) is 23.4. The number of aliphatic imine (C=N–C) groups is 1. The van der Waals surface area contributed by atoms with Gasteiger partial charge in [-0.1, -0.05) is 103 Å². The second-order valence-corrected chi connectivity index (χ2v) is 8.10. The quantitative estimate of drug-likeness (QED) is 0.250. The third-order valence-electron chi connectivity index (χ3n) is 5.52. The van der Waals surface area contributed by atoms with E-state index in [1.54, 1.807) is 0 Å². The number of ether oxygens (including phenoxy) is 2. The zero-order valence-corrected chi connectivity index (χ0v) is 18.2. The smallest absolute Gasteiger partial charge is 0.434 e. The van der Waals surface area contributed by atoms with Gasteiger partial charge in [-0.15, -0.1) is 0 Å². The highest BCUT2D eigenvalue weighted by molar-refractivity contribution is 5.88. The molecule has 1 amide bonds. The first-order valence-electron chi connectivity index (χ1n) is 11.8. The minimum Gasteiger partial charge on any atom is -0.494 e. The second-order valence-electron chi connectivity index (χ2n) is 8.10. The molecule has 0 fully saturated rings. The summed E-state index contributed by atoms with van der Waals surface area (Å²) in [6, 6.07) is 7.71. The molecule has 0 aliphatic carbocycles.